The van der Waals surface area contributed by atoms with Gasteiger partial charge in [0.1, 0.15) is 0 Å². The summed E-state index contributed by atoms with van der Waals surface area (Å²) >= 11 is 1.28. The lowest BCUT2D eigenvalue weighted by atomic mass is 10.2. The monoisotopic (exact) mass is 377 g/mol. The van der Waals surface area contributed by atoms with E-state index >= 15 is 0 Å². The zero-order valence-corrected chi connectivity index (χ0v) is 16.6. The molecule has 26 heavy (non-hydrogen) atoms. The van der Waals surface area contributed by atoms with Gasteiger partial charge in [0.2, 0.25) is 5.91 Å². The number of aromatic nitrogens is 2. The molecule has 0 spiro atoms. The molecule has 6 nitrogen and oxygen atoms in total. The minimum absolute atomic E-state index is 0.0516. The highest BCUT2D eigenvalue weighted by atomic mass is 32.2. The summed E-state index contributed by atoms with van der Waals surface area (Å²) in [5.41, 5.74) is 0.531. The van der Waals surface area contributed by atoms with Gasteiger partial charge in [-0.25, -0.2) is 4.98 Å². The first-order valence-electron chi connectivity index (χ1n) is 8.90. The molecule has 1 heterocycles. The van der Waals surface area contributed by atoms with E-state index in [1.54, 1.807) is 17.7 Å². The maximum Gasteiger partial charge on any atom is 0.262 e. The number of para-hydroxylation sites is 1. The number of thioether (sulfide) groups is 1. The van der Waals surface area contributed by atoms with E-state index in [1.807, 2.05) is 32.0 Å². The number of amides is 1. The van der Waals surface area contributed by atoms with Gasteiger partial charge in [0.25, 0.3) is 5.56 Å². The second-order valence-electron chi connectivity index (χ2n) is 6.44. The molecule has 142 valence electrons. The molecule has 0 bridgehead atoms. The van der Waals surface area contributed by atoms with Crippen molar-refractivity contribution in [1.29, 1.82) is 0 Å². The summed E-state index contributed by atoms with van der Waals surface area (Å²) in [5, 5.41) is 4.09. The summed E-state index contributed by atoms with van der Waals surface area (Å²) < 4.78 is 6.83. The van der Waals surface area contributed by atoms with Crippen LogP contribution in [0.15, 0.2) is 34.2 Å². The van der Waals surface area contributed by atoms with Crippen molar-refractivity contribution in [3.05, 3.63) is 34.6 Å². The summed E-state index contributed by atoms with van der Waals surface area (Å²) in [6.07, 6.45) is 1.97. The topological polar surface area (TPSA) is 73.2 Å². The Morgan fingerprint density at radius 3 is 2.77 bits per heavy atom. The van der Waals surface area contributed by atoms with Crippen molar-refractivity contribution in [3.8, 4) is 0 Å². The van der Waals surface area contributed by atoms with Crippen molar-refractivity contribution in [1.82, 2.24) is 14.9 Å². The Bertz CT molecular complexity index is 806. The number of fused-ring (bicyclic) bond motifs is 1. The highest BCUT2D eigenvalue weighted by Crippen LogP contribution is 2.21. The number of methoxy groups -OCH3 is 1. The first-order chi connectivity index (χ1) is 12.5. The number of hydrogen-bond acceptors (Lipinski definition) is 5. The molecule has 0 aliphatic rings. The zero-order valence-electron chi connectivity index (χ0n) is 15.8. The second-order valence-corrected chi connectivity index (χ2v) is 7.38. The molecule has 0 radical (unpaired) electrons. The molecule has 0 aliphatic carbocycles. The maximum atomic E-state index is 12.9. The molecule has 1 aromatic carbocycles. The second kappa shape index (κ2) is 9.73. The lowest BCUT2D eigenvalue weighted by Crippen LogP contribution is -2.34. The van der Waals surface area contributed by atoms with Gasteiger partial charge >= 0.3 is 0 Å². The van der Waals surface area contributed by atoms with E-state index in [0.29, 0.717) is 22.7 Å². The van der Waals surface area contributed by atoms with Gasteiger partial charge in [0.05, 0.1) is 29.3 Å². The highest BCUT2D eigenvalue weighted by Gasteiger charge is 2.18. The number of carbonyl (C=O) groups is 1. The maximum absolute atomic E-state index is 12.9. The Labute approximate surface area is 158 Å². The zero-order chi connectivity index (χ0) is 19.1. The van der Waals surface area contributed by atoms with Gasteiger partial charge in [-0.05, 0) is 32.4 Å². The summed E-state index contributed by atoms with van der Waals surface area (Å²) in [6, 6.07) is 7.24. The number of ether oxygens (including phenoxy) is 1. The fourth-order valence-electron chi connectivity index (χ4n) is 2.88. The predicted molar refractivity (Wildman–Crippen MR) is 106 cm³/mol. The molecule has 0 saturated carbocycles. The molecule has 0 aliphatic heterocycles. The van der Waals surface area contributed by atoms with Crippen LogP contribution in [0.1, 0.15) is 39.7 Å². The Morgan fingerprint density at radius 2 is 2.08 bits per heavy atom. The van der Waals surface area contributed by atoms with Gasteiger partial charge in [0.15, 0.2) is 5.16 Å². The van der Waals surface area contributed by atoms with Gasteiger partial charge in [-0.1, -0.05) is 37.2 Å². The molecular weight excluding hydrogens is 350 g/mol. The first-order valence-corrected chi connectivity index (χ1v) is 9.88. The minimum Gasteiger partial charge on any atom is -0.383 e. The van der Waals surface area contributed by atoms with E-state index in [0.717, 1.165) is 12.8 Å². The molecule has 2 rings (SSSR count). The quantitative estimate of drug-likeness (QED) is 0.537. The molecule has 2 atom stereocenters. The number of hydrogen-bond donors (Lipinski definition) is 1. The number of nitrogens with zero attached hydrogens (tertiary/aromatic N) is 2. The molecule has 2 aromatic rings. The van der Waals surface area contributed by atoms with E-state index in [2.05, 4.69) is 17.2 Å². The standard InChI is InChI=1S/C19H27N3O3S/c1-5-8-13(2)20-17(23)12-26-19-21-16-10-7-6-9-15(16)18(24)22(19)14(3)11-25-4/h6-7,9-10,13-14H,5,8,11-12H2,1-4H3,(H,20,23)/t13-,14-/m1/s1. The molecule has 0 saturated heterocycles. The van der Waals surface area contributed by atoms with Crippen LogP contribution in [0.25, 0.3) is 10.9 Å². The van der Waals surface area contributed by atoms with Crippen LogP contribution in [0.2, 0.25) is 0 Å². The van der Waals surface area contributed by atoms with Gasteiger partial charge < -0.3 is 10.1 Å². The van der Waals surface area contributed by atoms with Crippen molar-refractivity contribution < 1.29 is 9.53 Å². The van der Waals surface area contributed by atoms with Crippen molar-refractivity contribution in [2.24, 2.45) is 0 Å². The average molecular weight is 378 g/mol. The molecule has 0 fully saturated rings. The van der Waals surface area contributed by atoms with Crippen LogP contribution in [0, 0.1) is 0 Å². The van der Waals surface area contributed by atoms with E-state index in [-0.39, 0.29) is 29.3 Å². The van der Waals surface area contributed by atoms with E-state index < -0.39 is 0 Å². The predicted octanol–water partition coefficient (Wildman–Crippen LogP) is 3.00. The third-order valence-electron chi connectivity index (χ3n) is 4.09. The lowest BCUT2D eigenvalue weighted by Gasteiger charge is -2.19. The Kier molecular flexibility index (Phi) is 7.66. The largest absolute Gasteiger partial charge is 0.383 e. The summed E-state index contributed by atoms with van der Waals surface area (Å²) in [5.74, 6) is 0.169. The van der Waals surface area contributed by atoms with Crippen LogP contribution in [0.5, 0.6) is 0 Å². The van der Waals surface area contributed by atoms with Crippen LogP contribution in [0.4, 0.5) is 0 Å². The number of rotatable bonds is 9. The normalized spacial score (nSPS) is 13.5. The van der Waals surface area contributed by atoms with E-state index in [1.165, 1.54) is 11.8 Å². The van der Waals surface area contributed by atoms with Gasteiger partial charge in [-0.15, -0.1) is 0 Å². The smallest absolute Gasteiger partial charge is 0.262 e. The lowest BCUT2D eigenvalue weighted by molar-refractivity contribution is -0.119. The minimum atomic E-state index is -0.172. The van der Waals surface area contributed by atoms with E-state index in [9.17, 15) is 9.59 Å². The third kappa shape index (κ3) is 5.08. The summed E-state index contributed by atoms with van der Waals surface area (Å²) in [7, 11) is 1.60. The average Bonchev–Trinajstić information content (AvgIpc) is 2.60. The molecule has 1 aromatic heterocycles. The molecule has 0 unspecified atom stereocenters. The Hall–Kier alpha value is -1.86. The van der Waals surface area contributed by atoms with Gasteiger partial charge in [0, 0.05) is 13.2 Å². The molecule has 7 heteroatoms. The first kappa shape index (κ1) is 20.5. The van der Waals surface area contributed by atoms with Gasteiger partial charge in [-0.3, -0.25) is 14.2 Å². The van der Waals surface area contributed by atoms with Crippen LogP contribution in [-0.2, 0) is 9.53 Å². The van der Waals surface area contributed by atoms with Crippen LogP contribution in [-0.4, -0.2) is 41.0 Å². The van der Waals surface area contributed by atoms with E-state index in [4.69, 9.17) is 4.74 Å². The molecular formula is C19H27N3O3S. The molecule has 1 N–H and O–H groups in total. The summed E-state index contributed by atoms with van der Waals surface area (Å²) in [6.45, 7) is 6.39. The Balaban J connectivity index is 2.28. The number of nitrogens with one attached hydrogen (secondary N) is 1. The number of benzene rings is 1. The summed E-state index contributed by atoms with van der Waals surface area (Å²) in [4.78, 5) is 29.7. The SMILES string of the molecule is CCC[C@@H](C)NC(=O)CSc1nc2ccccc2c(=O)n1[C@H](C)COC. The fraction of sp³-hybridized carbons (Fsp3) is 0.526. The fourth-order valence-corrected chi connectivity index (χ4v) is 3.79. The number of carbonyl (C=O) groups excluding carboxylic acids is 1. The van der Waals surface area contributed by atoms with Crippen molar-refractivity contribution in [3.63, 3.8) is 0 Å². The van der Waals surface area contributed by atoms with Crippen molar-refractivity contribution >= 4 is 28.6 Å². The van der Waals surface area contributed by atoms with Crippen LogP contribution in [0.3, 0.4) is 0 Å². The van der Waals surface area contributed by atoms with Crippen molar-refractivity contribution in [2.45, 2.75) is 50.9 Å². The van der Waals surface area contributed by atoms with Crippen LogP contribution < -0.4 is 10.9 Å². The highest BCUT2D eigenvalue weighted by molar-refractivity contribution is 7.99. The Morgan fingerprint density at radius 1 is 1.35 bits per heavy atom. The molecule has 1 amide bonds. The van der Waals surface area contributed by atoms with Crippen molar-refractivity contribution in [2.75, 3.05) is 19.5 Å². The van der Waals surface area contributed by atoms with Gasteiger partial charge in [-0.2, -0.15) is 0 Å². The van der Waals surface area contributed by atoms with Crippen LogP contribution >= 0.6 is 11.8 Å². The third-order valence-corrected chi connectivity index (χ3v) is 5.04.